The number of fused-ring (bicyclic) bond motifs is 1. The minimum Gasteiger partial charge on any atom is -0.481 e. The van der Waals surface area contributed by atoms with Crippen LogP contribution in [-0.2, 0) is 4.79 Å². The molecular formula is C13H10N2O3S3. The Balaban J connectivity index is 1.95. The molecule has 5 nitrogen and oxygen atoms in total. The number of aromatic amines is 1. The molecule has 0 atom stereocenters. The summed E-state index contributed by atoms with van der Waals surface area (Å²) in [5.41, 5.74) is 0.725. The molecule has 0 spiro atoms. The Labute approximate surface area is 131 Å². The molecular weight excluding hydrogens is 328 g/mol. The number of carboxylic acids is 1. The number of carbonyl (C=O) groups is 1. The van der Waals surface area contributed by atoms with Crippen molar-refractivity contribution in [1.29, 1.82) is 0 Å². The third-order valence-corrected chi connectivity index (χ3v) is 5.41. The summed E-state index contributed by atoms with van der Waals surface area (Å²) in [6.45, 7) is 0. The number of aromatic nitrogens is 2. The summed E-state index contributed by atoms with van der Waals surface area (Å²) >= 11 is 4.25. The lowest BCUT2D eigenvalue weighted by molar-refractivity contribution is -0.136. The summed E-state index contributed by atoms with van der Waals surface area (Å²) in [5, 5.41) is 13.6. The van der Waals surface area contributed by atoms with E-state index in [9.17, 15) is 9.59 Å². The SMILES string of the molecule is O=C(O)CCSc1nc2scc(-c3cccs3)c2c(=O)[nH]1. The number of aliphatic carboxylic acids is 1. The van der Waals surface area contributed by atoms with Gasteiger partial charge < -0.3 is 10.1 Å². The number of H-pyrrole nitrogens is 1. The van der Waals surface area contributed by atoms with E-state index in [-0.39, 0.29) is 12.0 Å². The summed E-state index contributed by atoms with van der Waals surface area (Å²) in [6.07, 6.45) is 0.0390. The van der Waals surface area contributed by atoms with Crippen LogP contribution in [0.3, 0.4) is 0 Å². The van der Waals surface area contributed by atoms with Crippen LogP contribution in [0.25, 0.3) is 20.7 Å². The van der Waals surface area contributed by atoms with E-state index >= 15 is 0 Å². The molecule has 3 aromatic rings. The maximum Gasteiger partial charge on any atom is 0.304 e. The third kappa shape index (κ3) is 3.02. The fourth-order valence-electron chi connectivity index (χ4n) is 1.85. The van der Waals surface area contributed by atoms with Gasteiger partial charge >= 0.3 is 5.97 Å². The molecule has 3 aromatic heterocycles. The summed E-state index contributed by atoms with van der Waals surface area (Å²) < 4.78 is 0. The van der Waals surface area contributed by atoms with E-state index in [1.54, 1.807) is 11.3 Å². The zero-order valence-corrected chi connectivity index (χ0v) is 13.1. The van der Waals surface area contributed by atoms with Gasteiger partial charge in [0.25, 0.3) is 5.56 Å². The Bertz CT molecular complexity index is 836. The first-order chi connectivity index (χ1) is 10.1. The van der Waals surface area contributed by atoms with Gasteiger partial charge in [-0.05, 0) is 11.4 Å². The summed E-state index contributed by atoms with van der Waals surface area (Å²) in [6, 6.07) is 3.92. The Morgan fingerprint density at radius 3 is 3.00 bits per heavy atom. The second-order valence-corrected chi connectivity index (χ2v) is 7.06. The fraction of sp³-hybridized carbons (Fsp3) is 0.154. The molecule has 3 heterocycles. The second kappa shape index (κ2) is 6.00. The molecule has 0 amide bonds. The number of thioether (sulfide) groups is 1. The molecule has 0 fully saturated rings. The van der Waals surface area contributed by atoms with Gasteiger partial charge in [0.15, 0.2) is 5.16 Å². The highest BCUT2D eigenvalue weighted by Crippen LogP contribution is 2.33. The average molecular weight is 338 g/mol. The van der Waals surface area contributed by atoms with Gasteiger partial charge in [0.1, 0.15) is 4.83 Å². The topological polar surface area (TPSA) is 83.0 Å². The molecule has 21 heavy (non-hydrogen) atoms. The lowest BCUT2D eigenvalue weighted by Crippen LogP contribution is -2.09. The smallest absolute Gasteiger partial charge is 0.304 e. The number of nitrogens with zero attached hydrogens (tertiary/aromatic N) is 1. The van der Waals surface area contributed by atoms with Crippen LogP contribution in [0.1, 0.15) is 6.42 Å². The molecule has 8 heteroatoms. The molecule has 3 rings (SSSR count). The van der Waals surface area contributed by atoms with Crippen LogP contribution in [0.4, 0.5) is 0 Å². The van der Waals surface area contributed by atoms with Crippen LogP contribution >= 0.6 is 34.4 Å². The van der Waals surface area contributed by atoms with E-state index < -0.39 is 5.97 Å². The van der Waals surface area contributed by atoms with Gasteiger partial charge in [0.2, 0.25) is 0 Å². The predicted octanol–water partition coefficient (Wildman–Crippen LogP) is 3.28. The molecule has 0 bridgehead atoms. The van der Waals surface area contributed by atoms with Crippen molar-refractivity contribution >= 4 is 50.6 Å². The number of carboxylic acid groups (broad SMARTS) is 1. The minimum atomic E-state index is -0.859. The number of thiophene rings is 2. The zero-order chi connectivity index (χ0) is 14.8. The fourth-order valence-corrected chi connectivity index (χ4v) is 4.46. The van der Waals surface area contributed by atoms with E-state index in [1.165, 1.54) is 23.1 Å². The molecule has 0 unspecified atom stereocenters. The van der Waals surface area contributed by atoms with E-state index in [0.717, 1.165) is 10.4 Å². The summed E-state index contributed by atoms with van der Waals surface area (Å²) in [4.78, 5) is 31.6. The van der Waals surface area contributed by atoms with Crippen molar-refractivity contribution in [3.05, 3.63) is 33.2 Å². The highest BCUT2D eigenvalue weighted by molar-refractivity contribution is 7.99. The molecule has 108 valence electrons. The molecule has 0 aromatic carbocycles. The van der Waals surface area contributed by atoms with Crippen molar-refractivity contribution in [2.75, 3.05) is 5.75 Å². The Hall–Kier alpha value is -1.64. The van der Waals surface area contributed by atoms with Crippen LogP contribution in [0.5, 0.6) is 0 Å². The van der Waals surface area contributed by atoms with Gasteiger partial charge in [0.05, 0.1) is 11.8 Å². The average Bonchev–Trinajstić information content (AvgIpc) is 3.06. The summed E-state index contributed by atoms with van der Waals surface area (Å²) in [5.74, 6) is -0.477. The number of rotatable bonds is 5. The van der Waals surface area contributed by atoms with Crippen molar-refractivity contribution in [3.8, 4) is 10.4 Å². The maximum absolute atomic E-state index is 12.3. The first-order valence-corrected chi connectivity index (χ1v) is 8.79. The van der Waals surface area contributed by atoms with Crippen LogP contribution in [-0.4, -0.2) is 26.8 Å². The zero-order valence-electron chi connectivity index (χ0n) is 10.7. The maximum atomic E-state index is 12.3. The molecule has 0 saturated heterocycles. The van der Waals surface area contributed by atoms with E-state index in [0.29, 0.717) is 21.1 Å². The Kier molecular flexibility index (Phi) is 4.09. The Morgan fingerprint density at radius 1 is 1.43 bits per heavy atom. The van der Waals surface area contributed by atoms with E-state index in [1.807, 2.05) is 22.9 Å². The number of hydrogen-bond acceptors (Lipinski definition) is 6. The first-order valence-electron chi connectivity index (χ1n) is 6.05. The van der Waals surface area contributed by atoms with Gasteiger partial charge in [0, 0.05) is 21.6 Å². The van der Waals surface area contributed by atoms with Gasteiger partial charge in [-0.2, -0.15) is 0 Å². The van der Waals surface area contributed by atoms with E-state index in [2.05, 4.69) is 9.97 Å². The second-order valence-electron chi connectivity index (χ2n) is 4.17. The minimum absolute atomic E-state index is 0.0390. The summed E-state index contributed by atoms with van der Waals surface area (Å²) in [7, 11) is 0. The van der Waals surface area contributed by atoms with Crippen molar-refractivity contribution in [3.63, 3.8) is 0 Å². The molecule has 0 aliphatic carbocycles. The van der Waals surface area contributed by atoms with Gasteiger partial charge in [-0.1, -0.05) is 17.8 Å². The quantitative estimate of drug-likeness (QED) is 0.551. The van der Waals surface area contributed by atoms with Crippen LogP contribution in [0.2, 0.25) is 0 Å². The number of nitrogens with one attached hydrogen (secondary N) is 1. The van der Waals surface area contributed by atoms with Crippen molar-refractivity contribution in [2.45, 2.75) is 11.6 Å². The first kappa shape index (κ1) is 14.3. The standard InChI is InChI=1S/C13H10N2O3S3/c16-9(17)3-5-20-13-14-11(18)10-7(6-21-12(10)15-13)8-2-1-4-19-8/h1-2,4,6H,3,5H2,(H,16,17)(H,14,15,18). The molecule has 0 saturated carbocycles. The van der Waals surface area contributed by atoms with Crippen molar-refractivity contribution in [1.82, 2.24) is 9.97 Å². The Morgan fingerprint density at radius 2 is 2.29 bits per heavy atom. The van der Waals surface area contributed by atoms with Gasteiger partial charge in [-0.3, -0.25) is 9.59 Å². The molecule has 0 aliphatic rings. The third-order valence-electron chi connectivity index (χ3n) is 2.76. The molecule has 0 radical (unpaired) electrons. The van der Waals surface area contributed by atoms with Gasteiger partial charge in [-0.25, -0.2) is 4.98 Å². The largest absolute Gasteiger partial charge is 0.481 e. The number of hydrogen-bond donors (Lipinski definition) is 2. The van der Waals surface area contributed by atoms with Crippen molar-refractivity contribution in [2.24, 2.45) is 0 Å². The van der Waals surface area contributed by atoms with Crippen molar-refractivity contribution < 1.29 is 9.90 Å². The van der Waals surface area contributed by atoms with Crippen LogP contribution in [0, 0.1) is 0 Å². The highest BCUT2D eigenvalue weighted by atomic mass is 32.2. The lowest BCUT2D eigenvalue weighted by atomic mass is 10.2. The monoisotopic (exact) mass is 338 g/mol. The normalized spacial score (nSPS) is 11.0. The lowest BCUT2D eigenvalue weighted by Gasteiger charge is -2.00. The predicted molar refractivity (Wildman–Crippen MR) is 86.5 cm³/mol. The molecule has 2 N–H and O–H groups in total. The van der Waals surface area contributed by atoms with Crippen LogP contribution in [0.15, 0.2) is 32.8 Å². The molecule has 0 aliphatic heterocycles. The highest BCUT2D eigenvalue weighted by Gasteiger charge is 2.13. The van der Waals surface area contributed by atoms with E-state index in [4.69, 9.17) is 5.11 Å². The van der Waals surface area contributed by atoms with Crippen LogP contribution < -0.4 is 5.56 Å². The van der Waals surface area contributed by atoms with Gasteiger partial charge in [-0.15, -0.1) is 22.7 Å².